The zero-order valence-electron chi connectivity index (χ0n) is 15.1. The first-order valence-electron chi connectivity index (χ1n) is 8.57. The van der Waals surface area contributed by atoms with Gasteiger partial charge in [0.25, 0.3) is 0 Å². The molecule has 1 heterocycles. The first-order valence-corrected chi connectivity index (χ1v) is 8.95. The third-order valence-electron chi connectivity index (χ3n) is 4.63. The van der Waals surface area contributed by atoms with Crippen molar-refractivity contribution in [1.29, 1.82) is 10.5 Å². The SMILES string of the molecule is CC1=C(C#N)C(/C=C(\Cl)c2ccc(-c3ccccc3)cc2)C(C#N)=C(C)N1. The van der Waals surface area contributed by atoms with Crippen LogP contribution >= 0.6 is 11.6 Å². The predicted octanol–water partition coefficient (Wildman–Crippen LogP) is 5.75. The van der Waals surface area contributed by atoms with Gasteiger partial charge in [0.15, 0.2) is 0 Å². The summed E-state index contributed by atoms with van der Waals surface area (Å²) in [4.78, 5) is 0. The lowest BCUT2D eigenvalue weighted by Crippen LogP contribution is -2.23. The maximum absolute atomic E-state index is 9.53. The Balaban J connectivity index is 1.96. The topological polar surface area (TPSA) is 59.6 Å². The molecule has 0 amide bonds. The van der Waals surface area contributed by atoms with Crippen molar-refractivity contribution in [2.45, 2.75) is 13.8 Å². The number of allylic oxidation sites excluding steroid dienone is 5. The Morgan fingerprint density at radius 2 is 1.41 bits per heavy atom. The molecular weight excluding hydrogens is 354 g/mol. The van der Waals surface area contributed by atoms with Crippen LogP contribution in [-0.2, 0) is 0 Å². The molecule has 2 aromatic carbocycles. The maximum atomic E-state index is 9.53. The van der Waals surface area contributed by atoms with Gasteiger partial charge in [-0.15, -0.1) is 0 Å². The number of hydrogen-bond donors (Lipinski definition) is 1. The number of rotatable bonds is 3. The van der Waals surface area contributed by atoms with Crippen molar-refractivity contribution in [1.82, 2.24) is 5.32 Å². The number of dihydropyridines is 1. The zero-order valence-corrected chi connectivity index (χ0v) is 15.9. The Morgan fingerprint density at radius 3 is 1.93 bits per heavy atom. The molecule has 132 valence electrons. The van der Waals surface area contributed by atoms with E-state index in [9.17, 15) is 10.5 Å². The van der Waals surface area contributed by atoms with Gasteiger partial charge < -0.3 is 5.32 Å². The van der Waals surface area contributed by atoms with Gasteiger partial charge in [0, 0.05) is 16.4 Å². The molecule has 0 saturated carbocycles. The van der Waals surface area contributed by atoms with E-state index in [0.717, 1.165) is 28.1 Å². The maximum Gasteiger partial charge on any atom is 0.0975 e. The largest absolute Gasteiger partial charge is 0.361 e. The van der Waals surface area contributed by atoms with Crippen LogP contribution in [0.4, 0.5) is 0 Å². The van der Waals surface area contributed by atoms with Crippen molar-refractivity contribution >= 4 is 16.6 Å². The molecular formula is C23H18ClN3. The molecule has 3 nitrogen and oxygen atoms in total. The van der Waals surface area contributed by atoms with E-state index in [4.69, 9.17) is 11.6 Å². The van der Waals surface area contributed by atoms with E-state index in [1.54, 1.807) is 6.08 Å². The Hall–Kier alpha value is -3.27. The van der Waals surface area contributed by atoms with Crippen molar-refractivity contribution in [2.24, 2.45) is 5.92 Å². The molecule has 0 aliphatic carbocycles. The van der Waals surface area contributed by atoms with Crippen LogP contribution in [0.5, 0.6) is 0 Å². The van der Waals surface area contributed by atoms with E-state index in [-0.39, 0.29) is 0 Å². The first kappa shape index (κ1) is 18.5. The van der Waals surface area contributed by atoms with Crippen LogP contribution in [0.2, 0.25) is 0 Å². The Labute approximate surface area is 164 Å². The fourth-order valence-electron chi connectivity index (χ4n) is 3.20. The van der Waals surface area contributed by atoms with E-state index < -0.39 is 5.92 Å². The predicted molar refractivity (Wildman–Crippen MR) is 109 cm³/mol. The van der Waals surface area contributed by atoms with E-state index >= 15 is 0 Å². The van der Waals surface area contributed by atoms with Gasteiger partial charge in [0.2, 0.25) is 0 Å². The number of nitrogens with zero attached hydrogens (tertiary/aromatic N) is 2. The molecule has 1 aliphatic rings. The van der Waals surface area contributed by atoms with Crippen LogP contribution < -0.4 is 5.32 Å². The second kappa shape index (κ2) is 7.96. The van der Waals surface area contributed by atoms with Crippen LogP contribution in [0, 0.1) is 28.6 Å². The Morgan fingerprint density at radius 1 is 0.889 bits per heavy atom. The van der Waals surface area contributed by atoms with E-state index in [0.29, 0.717) is 16.2 Å². The van der Waals surface area contributed by atoms with Gasteiger partial charge in [-0.3, -0.25) is 0 Å². The molecule has 4 heteroatoms. The van der Waals surface area contributed by atoms with Gasteiger partial charge >= 0.3 is 0 Å². The van der Waals surface area contributed by atoms with E-state index in [2.05, 4.69) is 29.6 Å². The van der Waals surface area contributed by atoms with Gasteiger partial charge in [-0.25, -0.2) is 0 Å². The molecule has 0 saturated heterocycles. The number of benzene rings is 2. The van der Waals surface area contributed by atoms with E-state index in [1.807, 2.05) is 56.3 Å². The normalized spacial score (nSPS) is 15.2. The molecule has 1 aliphatic heterocycles. The second-order valence-electron chi connectivity index (χ2n) is 6.36. The minimum atomic E-state index is -0.442. The molecule has 3 rings (SSSR count). The summed E-state index contributed by atoms with van der Waals surface area (Å²) in [5.41, 5.74) is 5.61. The molecule has 0 spiro atoms. The van der Waals surface area contributed by atoms with Crippen molar-refractivity contribution in [3.8, 4) is 23.3 Å². The molecule has 0 radical (unpaired) electrons. The molecule has 1 N–H and O–H groups in total. The van der Waals surface area contributed by atoms with Crippen molar-refractivity contribution < 1.29 is 0 Å². The minimum absolute atomic E-state index is 0.442. The number of nitrogens with one attached hydrogen (secondary N) is 1. The van der Waals surface area contributed by atoms with Gasteiger partial charge in [0.05, 0.1) is 29.2 Å². The lowest BCUT2D eigenvalue weighted by molar-refractivity contribution is 0.799. The van der Waals surface area contributed by atoms with Crippen LogP contribution in [-0.4, -0.2) is 0 Å². The van der Waals surface area contributed by atoms with Gasteiger partial charge in [0.1, 0.15) is 0 Å². The minimum Gasteiger partial charge on any atom is -0.361 e. The summed E-state index contributed by atoms with van der Waals surface area (Å²) in [7, 11) is 0. The first-order chi connectivity index (χ1) is 13.0. The van der Waals surface area contributed by atoms with E-state index in [1.165, 1.54) is 0 Å². The van der Waals surface area contributed by atoms with Gasteiger partial charge in [-0.1, -0.05) is 72.3 Å². The summed E-state index contributed by atoms with van der Waals surface area (Å²) in [6.45, 7) is 3.67. The standard InChI is InChI=1S/C23H18ClN3/c1-15-21(13-25)20(22(14-26)16(2)27-15)12-23(24)19-10-8-18(9-11-19)17-6-4-3-5-7-17/h3-12,20,27H,1-2H3/b23-12-. The van der Waals surface area contributed by atoms with Gasteiger partial charge in [-0.05, 0) is 30.5 Å². The zero-order chi connectivity index (χ0) is 19.4. The molecule has 27 heavy (non-hydrogen) atoms. The smallest absolute Gasteiger partial charge is 0.0975 e. The summed E-state index contributed by atoms with van der Waals surface area (Å²) in [6, 6.07) is 22.5. The summed E-state index contributed by atoms with van der Waals surface area (Å²) >= 11 is 6.55. The van der Waals surface area contributed by atoms with Crippen LogP contribution in [0.1, 0.15) is 19.4 Å². The highest BCUT2D eigenvalue weighted by Gasteiger charge is 2.26. The molecule has 0 aromatic heterocycles. The highest BCUT2D eigenvalue weighted by molar-refractivity contribution is 6.48. The highest BCUT2D eigenvalue weighted by atomic mass is 35.5. The third kappa shape index (κ3) is 3.80. The number of hydrogen-bond acceptors (Lipinski definition) is 3. The highest BCUT2D eigenvalue weighted by Crippen LogP contribution is 2.34. The fraction of sp³-hybridized carbons (Fsp3) is 0.130. The van der Waals surface area contributed by atoms with Crippen molar-refractivity contribution in [3.05, 3.63) is 88.8 Å². The summed E-state index contributed by atoms with van der Waals surface area (Å²) in [5.74, 6) is -0.442. The summed E-state index contributed by atoms with van der Waals surface area (Å²) in [5, 5.41) is 22.7. The molecule has 2 aromatic rings. The molecule has 0 atom stereocenters. The molecule has 0 bridgehead atoms. The number of halogens is 1. The average molecular weight is 372 g/mol. The van der Waals surface area contributed by atoms with Crippen LogP contribution in [0.25, 0.3) is 16.2 Å². The lowest BCUT2D eigenvalue weighted by Gasteiger charge is -2.24. The lowest BCUT2D eigenvalue weighted by atomic mass is 9.86. The summed E-state index contributed by atoms with van der Waals surface area (Å²) < 4.78 is 0. The fourth-order valence-corrected chi connectivity index (χ4v) is 3.45. The van der Waals surface area contributed by atoms with Crippen LogP contribution in [0.15, 0.2) is 83.2 Å². The monoisotopic (exact) mass is 371 g/mol. The van der Waals surface area contributed by atoms with Crippen molar-refractivity contribution in [3.63, 3.8) is 0 Å². The molecule has 0 fully saturated rings. The average Bonchev–Trinajstić information content (AvgIpc) is 2.69. The van der Waals surface area contributed by atoms with Crippen LogP contribution in [0.3, 0.4) is 0 Å². The third-order valence-corrected chi connectivity index (χ3v) is 4.97. The Kier molecular flexibility index (Phi) is 5.46. The Bertz CT molecular complexity index is 994. The number of nitriles is 2. The quantitative estimate of drug-likeness (QED) is 0.747. The molecule has 0 unspecified atom stereocenters. The van der Waals surface area contributed by atoms with Gasteiger partial charge in [-0.2, -0.15) is 10.5 Å². The van der Waals surface area contributed by atoms with Crippen molar-refractivity contribution in [2.75, 3.05) is 0 Å². The summed E-state index contributed by atoms with van der Waals surface area (Å²) in [6.07, 6.45) is 1.78. The second-order valence-corrected chi connectivity index (χ2v) is 6.77.